The normalized spacial score (nSPS) is 10.3. The topological polar surface area (TPSA) is 35.8 Å². The first kappa shape index (κ1) is 15.6. The zero-order valence-electron chi connectivity index (χ0n) is 11.9. The van der Waals surface area contributed by atoms with Crippen LogP contribution >= 0.6 is 11.8 Å². The number of benzene rings is 2. The molecule has 2 aromatic carbocycles. The third-order valence-electron chi connectivity index (χ3n) is 3.05. The fourth-order valence-electron chi connectivity index (χ4n) is 1.93. The molecule has 0 radical (unpaired) electrons. The SMILES string of the molecule is CCNCc1cccc(SCc2cc(C#N)ccc2F)c1. The maximum atomic E-state index is 13.7. The smallest absolute Gasteiger partial charge is 0.127 e. The van der Waals surface area contributed by atoms with E-state index in [-0.39, 0.29) is 5.82 Å². The highest BCUT2D eigenvalue weighted by molar-refractivity contribution is 7.98. The Morgan fingerprint density at radius 3 is 2.86 bits per heavy atom. The van der Waals surface area contributed by atoms with Crippen molar-refractivity contribution in [3.8, 4) is 6.07 Å². The van der Waals surface area contributed by atoms with Crippen LogP contribution in [0.2, 0.25) is 0 Å². The van der Waals surface area contributed by atoms with Gasteiger partial charge in [-0.1, -0.05) is 19.1 Å². The van der Waals surface area contributed by atoms with Gasteiger partial charge in [0, 0.05) is 17.2 Å². The largest absolute Gasteiger partial charge is 0.313 e. The quantitative estimate of drug-likeness (QED) is 0.816. The molecule has 4 heteroatoms. The Bertz CT molecular complexity index is 649. The molecule has 0 bridgehead atoms. The predicted molar refractivity (Wildman–Crippen MR) is 84.5 cm³/mol. The van der Waals surface area contributed by atoms with Crippen LogP contribution in [0.25, 0.3) is 0 Å². The molecule has 0 aliphatic carbocycles. The summed E-state index contributed by atoms with van der Waals surface area (Å²) in [6.45, 7) is 3.84. The third kappa shape index (κ3) is 4.59. The number of nitrogens with one attached hydrogen (secondary N) is 1. The Balaban J connectivity index is 2.04. The minimum atomic E-state index is -0.259. The highest BCUT2D eigenvalue weighted by atomic mass is 32.2. The monoisotopic (exact) mass is 300 g/mol. The molecule has 0 aliphatic heterocycles. The zero-order valence-corrected chi connectivity index (χ0v) is 12.7. The molecule has 0 saturated carbocycles. The molecule has 0 spiro atoms. The van der Waals surface area contributed by atoms with E-state index in [2.05, 4.69) is 24.4 Å². The van der Waals surface area contributed by atoms with Gasteiger partial charge < -0.3 is 5.32 Å². The number of hydrogen-bond donors (Lipinski definition) is 1. The fourth-order valence-corrected chi connectivity index (χ4v) is 2.88. The summed E-state index contributed by atoms with van der Waals surface area (Å²) in [5.41, 5.74) is 2.28. The second kappa shape index (κ2) is 7.82. The molecule has 2 nitrogen and oxygen atoms in total. The average Bonchev–Trinajstić information content (AvgIpc) is 2.52. The van der Waals surface area contributed by atoms with Crippen LogP contribution in [-0.4, -0.2) is 6.54 Å². The van der Waals surface area contributed by atoms with Crippen LogP contribution in [0.3, 0.4) is 0 Å². The lowest BCUT2D eigenvalue weighted by atomic mass is 10.1. The molecule has 2 rings (SSSR count). The summed E-state index contributed by atoms with van der Waals surface area (Å²) in [5.74, 6) is 0.261. The third-order valence-corrected chi connectivity index (χ3v) is 4.09. The predicted octanol–water partition coefficient (Wildman–Crippen LogP) is 4.10. The molecule has 21 heavy (non-hydrogen) atoms. The summed E-state index contributed by atoms with van der Waals surface area (Å²) in [6.07, 6.45) is 0. The Hall–Kier alpha value is -1.83. The first-order valence-electron chi connectivity index (χ1n) is 6.84. The number of thioether (sulfide) groups is 1. The summed E-state index contributed by atoms with van der Waals surface area (Å²) >= 11 is 1.58. The maximum Gasteiger partial charge on any atom is 0.127 e. The second-order valence-corrected chi connectivity index (χ2v) is 5.68. The summed E-state index contributed by atoms with van der Waals surface area (Å²) in [5, 5.41) is 12.2. The molecule has 0 unspecified atom stereocenters. The van der Waals surface area contributed by atoms with Gasteiger partial charge in [-0.15, -0.1) is 11.8 Å². The first-order valence-corrected chi connectivity index (χ1v) is 7.82. The summed E-state index contributed by atoms with van der Waals surface area (Å²) in [6, 6.07) is 14.7. The lowest BCUT2D eigenvalue weighted by molar-refractivity contribution is 0.617. The number of rotatable bonds is 6. The molecule has 0 atom stereocenters. The van der Waals surface area contributed by atoms with Crippen LogP contribution < -0.4 is 5.32 Å². The van der Waals surface area contributed by atoms with Gasteiger partial charge in [-0.2, -0.15) is 5.26 Å². The highest BCUT2D eigenvalue weighted by Gasteiger charge is 2.05. The average molecular weight is 300 g/mol. The molecule has 1 N–H and O–H groups in total. The van der Waals surface area contributed by atoms with E-state index in [4.69, 9.17) is 5.26 Å². The van der Waals surface area contributed by atoms with Crippen LogP contribution in [0.1, 0.15) is 23.6 Å². The van der Waals surface area contributed by atoms with E-state index < -0.39 is 0 Å². The number of nitriles is 1. The molecule has 0 aliphatic rings. The standard InChI is InChI=1S/C17H17FN2S/c1-2-20-11-14-4-3-5-16(9-14)21-12-15-8-13(10-19)6-7-17(15)18/h3-9,20H,2,11-12H2,1H3. The molecule has 0 fully saturated rings. The van der Waals surface area contributed by atoms with E-state index in [0.717, 1.165) is 18.0 Å². The lowest BCUT2D eigenvalue weighted by Crippen LogP contribution is -2.11. The minimum Gasteiger partial charge on any atom is -0.313 e. The van der Waals surface area contributed by atoms with E-state index >= 15 is 0 Å². The van der Waals surface area contributed by atoms with Crippen molar-refractivity contribution in [2.45, 2.75) is 24.1 Å². The van der Waals surface area contributed by atoms with Gasteiger partial charge >= 0.3 is 0 Å². The molecule has 108 valence electrons. The van der Waals surface area contributed by atoms with Gasteiger partial charge in [-0.05, 0) is 48.0 Å². The van der Waals surface area contributed by atoms with Gasteiger partial charge in [-0.25, -0.2) is 4.39 Å². The van der Waals surface area contributed by atoms with Crippen molar-refractivity contribution in [3.63, 3.8) is 0 Å². The van der Waals surface area contributed by atoms with Gasteiger partial charge in [0.15, 0.2) is 0 Å². The molecule has 0 amide bonds. The van der Waals surface area contributed by atoms with Gasteiger partial charge in [0.1, 0.15) is 5.82 Å². The van der Waals surface area contributed by atoms with E-state index in [1.807, 2.05) is 18.2 Å². The van der Waals surface area contributed by atoms with Crippen LogP contribution in [0, 0.1) is 17.1 Å². The van der Waals surface area contributed by atoms with E-state index in [1.54, 1.807) is 17.8 Å². The van der Waals surface area contributed by atoms with E-state index in [0.29, 0.717) is 16.9 Å². The molecule has 0 saturated heterocycles. The molecule has 0 heterocycles. The van der Waals surface area contributed by atoms with Crippen molar-refractivity contribution in [2.75, 3.05) is 6.54 Å². The van der Waals surface area contributed by atoms with E-state index in [1.165, 1.54) is 17.7 Å². The Morgan fingerprint density at radius 1 is 1.24 bits per heavy atom. The van der Waals surface area contributed by atoms with Gasteiger partial charge in [-0.3, -0.25) is 0 Å². The molecule has 0 aromatic heterocycles. The first-order chi connectivity index (χ1) is 10.2. The Labute approximate surface area is 129 Å². The number of halogens is 1. The van der Waals surface area contributed by atoms with Gasteiger partial charge in [0.05, 0.1) is 11.6 Å². The Morgan fingerprint density at radius 2 is 2.10 bits per heavy atom. The minimum absolute atomic E-state index is 0.259. The molecular formula is C17H17FN2S. The van der Waals surface area contributed by atoms with Crippen LogP contribution in [0.4, 0.5) is 4.39 Å². The van der Waals surface area contributed by atoms with Crippen molar-refractivity contribution in [1.29, 1.82) is 5.26 Å². The summed E-state index contributed by atoms with van der Waals surface area (Å²) < 4.78 is 13.7. The number of nitrogens with zero attached hydrogens (tertiary/aromatic N) is 1. The lowest BCUT2D eigenvalue weighted by Gasteiger charge is -2.07. The van der Waals surface area contributed by atoms with E-state index in [9.17, 15) is 4.39 Å². The summed E-state index contributed by atoms with van der Waals surface area (Å²) in [7, 11) is 0. The molecule has 2 aromatic rings. The van der Waals surface area contributed by atoms with Crippen molar-refractivity contribution < 1.29 is 4.39 Å². The van der Waals surface area contributed by atoms with Gasteiger partial charge in [0.2, 0.25) is 0 Å². The second-order valence-electron chi connectivity index (χ2n) is 4.63. The number of hydrogen-bond acceptors (Lipinski definition) is 3. The zero-order chi connectivity index (χ0) is 15.1. The Kier molecular flexibility index (Phi) is 5.79. The van der Waals surface area contributed by atoms with Crippen LogP contribution in [0.5, 0.6) is 0 Å². The highest BCUT2D eigenvalue weighted by Crippen LogP contribution is 2.25. The van der Waals surface area contributed by atoms with Crippen molar-refractivity contribution >= 4 is 11.8 Å². The van der Waals surface area contributed by atoms with Crippen molar-refractivity contribution in [1.82, 2.24) is 5.32 Å². The maximum absolute atomic E-state index is 13.7. The summed E-state index contributed by atoms with van der Waals surface area (Å²) in [4.78, 5) is 1.10. The van der Waals surface area contributed by atoms with Crippen molar-refractivity contribution in [2.24, 2.45) is 0 Å². The fraction of sp³-hybridized carbons (Fsp3) is 0.235. The molecular weight excluding hydrogens is 283 g/mol. The van der Waals surface area contributed by atoms with Crippen LogP contribution in [-0.2, 0) is 12.3 Å². The van der Waals surface area contributed by atoms with Crippen LogP contribution in [0.15, 0.2) is 47.4 Å². The van der Waals surface area contributed by atoms with Crippen molar-refractivity contribution in [3.05, 3.63) is 65.0 Å². The van der Waals surface area contributed by atoms with Gasteiger partial charge in [0.25, 0.3) is 0 Å².